The molecule has 0 spiro atoms. The Balaban J connectivity index is 1.37. The van der Waals surface area contributed by atoms with E-state index in [1.807, 2.05) is 26.0 Å². The zero-order valence-electron chi connectivity index (χ0n) is 19.8. The smallest absolute Gasteiger partial charge is 0.416 e. The van der Waals surface area contributed by atoms with Gasteiger partial charge in [-0.05, 0) is 49.2 Å². The molecule has 1 aromatic heterocycles. The van der Waals surface area contributed by atoms with Crippen molar-refractivity contribution in [2.24, 2.45) is 0 Å². The summed E-state index contributed by atoms with van der Waals surface area (Å²) in [5.74, 6) is -0.286. The Kier molecular flexibility index (Phi) is 7.65. The highest BCUT2D eigenvalue weighted by Gasteiger charge is 2.40. The Hall–Kier alpha value is -2.99. The highest BCUT2D eigenvalue weighted by Crippen LogP contribution is 2.41. The number of aromatic nitrogens is 2. The molecule has 0 saturated heterocycles. The van der Waals surface area contributed by atoms with Crippen molar-refractivity contribution in [1.82, 2.24) is 15.5 Å². The van der Waals surface area contributed by atoms with Crippen LogP contribution in [0.25, 0.3) is 0 Å². The van der Waals surface area contributed by atoms with Crippen LogP contribution in [0.1, 0.15) is 65.5 Å². The van der Waals surface area contributed by atoms with Crippen LogP contribution >= 0.6 is 11.3 Å². The van der Waals surface area contributed by atoms with Gasteiger partial charge in [0.25, 0.3) is 5.91 Å². The molecule has 1 fully saturated rings. The van der Waals surface area contributed by atoms with E-state index in [0.717, 1.165) is 28.8 Å². The number of nitrogens with zero attached hydrogens (tertiary/aromatic N) is 2. The number of halogens is 3. The van der Waals surface area contributed by atoms with Crippen molar-refractivity contribution in [2.75, 3.05) is 11.3 Å². The summed E-state index contributed by atoms with van der Waals surface area (Å²) in [5.41, 5.74) is 0.159. The number of rotatable bonds is 9. The normalized spacial score (nSPS) is 18.1. The van der Waals surface area contributed by atoms with Gasteiger partial charge >= 0.3 is 6.18 Å². The van der Waals surface area contributed by atoms with Gasteiger partial charge in [-0.25, -0.2) is 4.21 Å². The summed E-state index contributed by atoms with van der Waals surface area (Å²) in [6.45, 7) is 5.79. The zero-order chi connectivity index (χ0) is 26.0. The van der Waals surface area contributed by atoms with Crippen LogP contribution in [0.15, 0.2) is 47.4 Å². The fraction of sp³-hybridized carbons (Fsp3) is 0.375. The molecular weight excluding hydrogens is 513 g/mol. The van der Waals surface area contributed by atoms with Crippen molar-refractivity contribution in [3.63, 3.8) is 0 Å². The van der Waals surface area contributed by atoms with Crippen LogP contribution in [0.2, 0.25) is 0 Å². The van der Waals surface area contributed by atoms with Gasteiger partial charge in [0.05, 0.1) is 22.6 Å². The number of alkyl halides is 3. The number of ether oxygens (including phenoxy) is 1. The molecule has 1 aliphatic carbocycles. The fourth-order valence-electron chi connectivity index (χ4n) is 3.62. The second-order valence-corrected chi connectivity index (χ2v) is 10.8. The van der Waals surface area contributed by atoms with E-state index in [9.17, 15) is 22.2 Å². The summed E-state index contributed by atoms with van der Waals surface area (Å²) < 4.78 is 59.9. The highest BCUT2D eigenvalue weighted by atomic mass is 32.2. The number of carbonyl (C=O) groups excluding carboxylic acids is 1. The lowest BCUT2D eigenvalue weighted by Crippen LogP contribution is -2.27. The number of hydrogen-bond donors (Lipinski definition) is 2. The van der Waals surface area contributed by atoms with Crippen LogP contribution in [0.3, 0.4) is 0 Å². The van der Waals surface area contributed by atoms with Crippen LogP contribution in [-0.2, 0) is 17.2 Å². The minimum Gasteiger partial charge on any atom is -0.493 e. The fourth-order valence-corrected chi connectivity index (χ4v) is 5.31. The minimum absolute atomic E-state index is 0.0598. The monoisotopic (exact) mass is 538 g/mol. The van der Waals surface area contributed by atoms with Crippen LogP contribution < -0.4 is 14.8 Å². The SMILES string of the molecule is CCOc1cc(C(F)(F)F)ccc1C(=O)NC1C[C@H]1c1ccc(S(=O)Nc2nnc(C(C)C)s2)cc1. The third-order valence-corrected chi connectivity index (χ3v) is 7.94. The van der Waals surface area contributed by atoms with Crippen LogP contribution in [0.4, 0.5) is 18.3 Å². The van der Waals surface area contributed by atoms with E-state index in [2.05, 4.69) is 20.2 Å². The maximum Gasteiger partial charge on any atom is 0.416 e. The summed E-state index contributed by atoms with van der Waals surface area (Å²) in [6.07, 6.45) is -3.83. The van der Waals surface area contributed by atoms with Gasteiger partial charge in [0, 0.05) is 17.9 Å². The molecule has 1 aliphatic rings. The number of amides is 1. The highest BCUT2D eigenvalue weighted by molar-refractivity contribution is 7.86. The van der Waals surface area contributed by atoms with Crippen molar-refractivity contribution in [2.45, 2.75) is 56.1 Å². The van der Waals surface area contributed by atoms with E-state index >= 15 is 0 Å². The largest absolute Gasteiger partial charge is 0.493 e. The van der Waals surface area contributed by atoms with Gasteiger partial charge in [-0.1, -0.05) is 37.3 Å². The quantitative estimate of drug-likeness (QED) is 0.375. The van der Waals surface area contributed by atoms with E-state index in [1.54, 1.807) is 19.1 Å². The van der Waals surface area contributed by atoms with Crippen molar-refractivity contribution in [3.8, 4) is 5.75 Å². The second kappa shape index (κ2) is 10.6. The Labute approximate surface area is 213 Å². The standard InChI is InChI=1S/C24H25F3N4O3S2/c1-4-34-20-11-15(24(25,26)27)7-10-17(20)21(32)28-19-12-18(19)14-5-8-16(9-6-14)36(33)31-23-30-29-22(35-23)13(2)3/h5-11,13,18-19H,4,12H2,1-3H3,(H,28,32)(H,30,31)/t18-,19?,36?/m0/s1. The lowest BCUT2D eigenvalue weighted by atomic mass is 10.1. The summed E-state index contributed by atoms with van der Waals surface area (Å²) in [5, 5.41) is 12.3. The van der Waals surface area contributed by atoms with Gasteiger partial charge in [0.1, 0.15) is 10.8 Å². The molecule has 192 valence electrons. The predicted octanol–water partition coefficient (Wildman–Crippen LogP) is 5.50. The molecule has 12 heteroatoms. The average molecular weight is 539 g/mol. The first-order valence-electron chi connectivity index (χ1n) is 11.3. The maximum absolute atomic E-state index is 13.0. The first kappa shape index (κ1) is 26.1. The van der Waals surface area contributed by atoms with Gasteiger partial charge in [-0.3, -0.25) is 9.52 Å². The Morgan fingerprint density at radius 2 is 1.92 bits per heavy atom. The molecule has 2 aromatic carbocycles. The summed E-state index contributed by atoms with van der Waals surface area (Å²) in [7, 11) is -1.50. The molecule has 1 heterocycles. The first-order valence-corrected chi connectivity index (χ1v) is 13.3. The molecule has 1 amide bonds. The lowest BCUT2D eigenvalue weighted by Gasteiger charge is -2.14. The lowest BCUT2D eigenvalue weighted by molar-refractivity contribution is -0.137. The molecule has 4 rings (SSSR count). The average Bonchev–Trinajstić information content (AvgIpc) is 3.43. The van der Waals surface area contributed by atoms with Crippen molar-refractivity contribution in [1.29, 1.82) is 0 Å². The zero-order valence-corrected chi connectivity index (χ0v) is 21.4. The number of carbonyl (C=O) groups is 1. The van der Waals surface area contributed by atoms with E-state index in [0.29, 0.717) is 16.4 Å². The minimum atomic E-state index is -4.53. The molecule has 1 saturated carbocycles. The Morgan fingerprint density at radius 3 is 2.53 bits per heavy atom. The molecule has 3 atom stereocenters. The van der Waals surface area contributed by atoms with Gasteiger partial charge in [0.15, 0.2) is 11.0 Å². The number of nitrogens with one attached hydrogen (secondary N) is 2. The third-order valence-electron chi connectivity index (χ3n) is 5.60. The molecule has 2 N–H and O–H groups in total. The molecule has 0 aliphatic heterocycles. The van der Waals surface area contributed by atoms with Crippen LogP contribution in [0, 0.1) is 0 Å². The van der Waals surface area contributed by atoms with Crippen molar-refractivity contribution < 1.29 is 26.9 Å². The van der Waals surface area contributed by atoms with Crippen LogP contribution in [0.5, 0.6) is 5.75 Å². The molecule has 2 unspecified atom stereocenters. The van der Waals surface area contributed by atoms with Crippen LogP contribution in [-0.4, -0.2) is 33.0 Å². The second-order valence-electron chi connectivity index (χ2n) is 8.60. The molecule has 0 radical (unpaired) electrons. The number of hydrogen-bond acceptors (Lipinski definition) is 6. The van der Waals surface area contributed by atoms with E-state index in [4.69, 9.17) is 4.74 Å². The van der Waals surface area contributed by atoms with Crippen molar-refractivity contribution in [3.05, 3.63) is 64.2 Å². The number of benzene rings is 2. The Bertz CT molecular complexity index is 1260. The molecule has 7 nitrogen and oxygen atoms in total. The maximum atomic E-state index is 13.0. The topological polar surface area (TPSA) is 93.2 Å². The first-order chi connectivity index (χ1) is 17.1. The summed E-state index contributed by atoms with van der Waals surface area (Å²) >= 11 is 1.36. The van der Waals surface area contributed by atoms with E-state index < -0.39 is 28.6 Å². The van der Waals surface area contributed by atoms with Gasteiger partial charge in [0.2, 0.25) is 5.13 Å². The predicted molar refractivity (Wildman–Crippen MR) is 132 cm³/mol. The Morgan fingerprint density at radius 1 is 1.19 bits per heavy atom. The molecule has 36 heavy (non-hydrogen) atoms. The van der Waals surface area contributed by atoms with Crippen molar-refractivity contribution >= 4 is 33.4 Å². The third kappa shape index (κ3) is 6.04. The molecule has 0 bridgehead atoms. The molecular formula is C24H25F3N4O3S2. The van der Waals surface area contributed by atoms with E-state index in [1.165, 1.54) is 11.3 Å². The number of anilines is 1. The van der Waals surface area contributed by atoms with E-state index in [-0.39, 0.29) is 35.8 Å². The van der Waals surface area contributed by atoms with Gasteiger partial charge < -0.3 is 10.1 Å². The summed E-state index contributed by atoms with van der Waals surface area (Å²) in [4.78, 5) is 13.3. The summed E-state index contributed by atoms with van der Waals surface area (Å²) in [6, 6.07) is 9.93. The molecule has 3 aromatic rings. The van der Waals surface area contributed by atoms with Gasteiger partial charge in [-0.2, -0.15) is 13.2 Å². The van der Waals surface area contributed by atoms with Gasteiger partial charge in [-0.15, -0.1) is 10.2 Å².